The van der Waals surface area contributed by atoms with Crippen LogP contribution in [0.4, 0.5) is 10.1 Å². The zero-order chi connectivity index (χ0) is 13.0. The highest BCUT2D eigenvalue weighted by Crippen LogP contribution is 2.20. The van der Waals surface area contributed by atoms with Crippen LogP contribution in [0.5, 0.6) is 0 Å². The van der Waals surface area contributed by atoms with Crippen LogP contribution in [-0.2, 0) is 4.79 Å². The highest BCUT2D eigenvalue weighted by atomic mass is 35.5. The fraction of sp³-hybridized carbons (Fsp3) is 0.273. The first-order chi connectivity index (χ1) is 7.95. The number of amides is 2. The van der Waals surface area contributed by atoms with Crippen molar-refractivity contribution in [1.82, 2.24) is 0 Å². The molecule has 0 saturated heterocycles. The highest BCUT2D eigenvalue weighted by molar-refractivity contribution is 6.19. The third-order valence-electron chi connectivity index (χ3n) is 2.22. The van der Waals surface area contributed by atoms with E-state index in [0.717, 1.165) is 6.07 Å². The second-order valence-electron chi connectivity index (χ2n) is 3.48. The van der Waals surface area contributed by atoms with Crippen molar-refractivity contribution < 1.29 is 14.0 Å². The number of anilines is 1. The van der Waals surface area contributed by atoms with E-state index in [9.17, 15) is 14.0 Å². The van der Waals surface area contributed by atoms with Gasteiger partial charge < -0.3 is 11.1 Å². The summed E-state index contributed by atoms with van der Waals surface area (Å²) in [6, 6.07) is 2.38. The van der Waals surface area contributed by atoms with Crippen molar-refractivity contribution in [1.29, 1.82) is 0 Å². The maximum absolute atomic E-state index is 13.5. The zero-order valence-corrected chi connectivity index (χ0v) is 9.97. The summed E-state index contributed by atoms with van der Waals surface area (Å²) < 4.78 is 13.5. The average Bonchev–Trinajstić information content (AvgIpc) is 2.24. The molecule has 0 saturated carbocycles. The van der Waals surface area contributed by atoms with Crippen LogP contribution in [-0.4, -0.2) is 17.7 Å². The second-order valence-corrected chi connectivity index (χ2v) is 3.86. The molecule has 0 aromatic heterocycles. The summed E-state index contributed by atoms with van der Waals surface area (Å²) in [5.41, 5.74) is 5.54. The number of primary amides is 1. The maximum atomic E-state index is 13.5. The van der Waals surface area contributed by atoms with Crippen LogP contribution in [0.15, 0.2) is 12.1 Å². The van der Waals surface area contributed by atoms with E-state index in [1.807, 2.05) is 0 Å². The Morgan fingerprint density at radius 2 is 2.12 bits per heavy atom. The first-order valence-electron chi connectivity index (χ1n) is 4.91. The molecule has 0 bridgehead atoms. The van der Waals surface area contributed by atoms with Gasteiger partial charge in [-0.15, -0.1) is 11.6 Å². The van der Waals surface area contributed by atoms with Gasteiger partial charge in [0.2, 0.25) is 11.8 Å². The first kappa shape index (κ1) is 13.4. The summed E-state index contributed by atoms with van der Waals surface area (Å²) in [7, 11) is 0. The monoisotopic (exact) mass is 258 g/mol. The molecular formula is C11H12ClFN2O2. The lowest BCUT2D eigenvalue weighted by atomic mass is 10.1. The van der Waals surface area contributed by atoms with Gasteiger partial charge in [0.15, 0.2) is 0 Å². The lowest BCUT2D eigenvalue weighted by Gasteiger charge is -2.10. The van der Waals surface area contributed by atoms with Gasteiger partial charge in [-0.1, -0.05) is 0 Å². The quantitative estimate of drug-likeness (QED) is 0.809. The number of hydrogen-bond acceptors (Lipinski definition) is 2. The fourth-order valence-electron chi connectivity index (χ4n) is 1.25. The van der Waals surface area contributed by atoms with Crippen molar-refractivity contribution in [2.75, 3.05) is 11.2 Å². The second kappa shape index (κ2) is 5.63. The van der Waals surface area contributed by atoms with Crippen molar-refractivity contribution in [3.05, 3.63) is 29.1 Å². The maximum Gasteiger partial charge on any atom is 0.248 e. The standard InChI is InChI=1S/C11H12ClFN2O2/c1-6-8(13)4-7(11(14)17)5-9(6)15-10(16)2-3-12/h4-5H,2-3H2,1H3,(H2,14,17)(H,15,16). The molecule has 0 aliphatic rings. The summed E-state index contributed by atoms with van der Waals surface area (Å²) in [5.74, 6) is -1.52. The number of nitrogens with two attached hydrogens (primary N) is 1. The summed E-state index contributed by atoms with van der Waals surface area (Å²) in [4.78, 5) is 22.3. The zero-order valence-electron chi connectivity index (χ0n) is 9.22. The topological polar surface area (TPSA) is 72.2 Å². The van der Waals surface area contributed by atoms with Crippen LogP contribution in [0.2, 0.25) is 0 Å². The van der Waals surface area contributed by atoms with Crippen LogP contribution in [0, 0.1) is 12.7 Å². The molecule has 1 aromatic carbocycles. The SMILES string of the molecule is Cc1c(F)cc(C(N)=O)cc1NC(=O)CCCl. The molecule has 0 heterocycles. The summed E-state index contributed by atoms with van der Waals surface area (Å²) in [6.45, 7) is 1.50. The van der Waals surface area contributed by atoms with Gasteiger partial charge in [0, 0.05) is 29.1 Å². The van der Waals surface area contributed by atoms with Crippen molar-refractivity contribution in [3.63, 3.8) is 0 Å². The highest BCUT2D eigenvalue weighted by Gasteiger charge is 2.12. The Morgan fingerprint density at radius 1 is 1.47 bits per heavy atom. The van der Waals surface area contributed by atoms with Crippen LogP contribution >= 0.6 is 11.6 Å². The van der Waals surface area contributed by atoms with Gasteiger partial charge in [-0.25, -0.2) is 4.39 Å². The van der Waals surface area contributed by atoms with E-state index in [1.54, 1.807) is 0 Å². The summed E-state index contributed by atoms with van der Waals surface area (Å²) in [5, 5.41) is 2.48. The Bertz CT molecular complexity index is 463. The van der Waals surface area contributed by atoms with Crippen molar-refractivity contribution in [3.8, 4) is 0 Å². The largest absolute Gasteiger partial charge is 0.366 e. The minimum atomic E-state index is -0.753. The molecule has 17 heavy (non-hydrogen) atoms. The van der Waals surface area contributed by atoms with Crippen LogP contribution in [0.25, 0.3) is 0 Å². The fourth-order valence-corrected chi connectivity index (χ4v) is 1.42. The lowest BCUT2D eigenvalue weighted by Crippen LogP contribution is -2.16. The van der Waals surface area contributed by atoms with Gasteiger partial charge in [0.25, 0.3) is 0 Å². The molecule has 4 nitrogen and oxygen atoms in total. The number of nitrogens with one attached hydrogen (secondary N) is 1. The molecule has 6 heteroatoms. The van der Waals surface area contributed by atoms with E-state index < -0.39 is 11.7 Å². The Balaban J connectivity index is 3.05. The average molecular weight is 259 g/mol. The molecule has 0 atom stereocenters. The van der Waals surface area contributed by atoms with Gasteiger partial charge >= 0.3 is 0 Å². The summed E-state index contributed by atoms with van der Waals surface area (Å²) in [6.07, 6.45) is 0.114. The third kappa shape index (κ3) is 3.42. The number of hydrogen-bond donors (Lipinski definition) is 2. The van der Waals surface area contributed by atoms with Gasteiger partial charge in [-0.3, -0.25) is 9.59 Å². The minimum Gasteiger partial charge on any atom is -0.366 e. The molecule has 2 amide bonds. The van der Waals surface area contributed by atoms with E-state index in [4.69, 9.17) is 17.3 Å². The smallest absolute Gasteiger partial charge is 0.248 e. The number of carbonyl (C=O) groups excluding carboxylic acids is 2. The molecule has 92 valence electrons. The van der Waals surface area contributed by atoms with E-state index >= 15 is 0 Å². The predicted octanol–water partition coefficient (Wildman–Crippen LogP) is 1.80. The first-order valence-corrected chi connectivity index (χ1v) is 5.45. The molecule has 0 fully saturated rings. The molecule has 0 unspecified atom stereocenters. The number of carbonyl (C=O) groups is 2. The number of benzene rings is 1. The molecule has 1 rings (SSSR count). The minimum absolute atomic E-state index is 0.00859. The van der Waals surface area contributed by atoms with Gasteiger partial charge in [0.1, 0.15) is 5.82 Å². The van der Waals surface area contributed by atoms with Crippen molar-refractivity contribution in [2.24, 2.45) is 5.73 Å². The molecule has 1 aromatic rings. The number of halogens is 2. The molecule has 0 spiro atoms. The molecule has 0 aliphatic carbocycles. The van der Waals surface area contributed by atoms with E-state index in [1.165, 1.54) is 13.0 Å². The Kier molecular flexibility index (Phi) is 4.45. The summed E-state index contributed by atoms with van der Waals surface area (Å²) >= 11 is 5.41. The Labute approximate surface area is 103 Å². The van der Waals surface area contributed by atoms with Gasteiger partial charge in [-0.05, 0) is 19.1 Å². The van der Waals surface area contributed by atoms with Gasteiger partial charge in [0.05, 0.1) is 0 Å². The lowest BCUT2D eigenvalue weighted by molar-refractivity contribution is -0.115. The third-order valence-corrected chi connectivity index (χ3v) is 2.41. The Morgan fingerprint density at radius 3 is 2.65 bits per heavy atom. The van der Waals surface area contributed by atoms with E-state index in [0.29, 0.717) is 0 Å². The van der Waals surface area contributed by atoms with Gasteiger partial charge in [-0.2, -0.15) is 0 Å². The molecular weight excluding hydrogens is 247 g/mol. The molecule has 0 aliphatic heterocycles. The Hall–Kier alpha value is -1.62. The number of alkyl halides is 1. The number of rotatable bonds is 4. The van der Waals surface area contributed by atoms with Crippen molar-refractivity contribution >= 4 is 29.1 Å². The van der Waals surface area contributed by atoms with Crippen LogP contribution in [0.1, 0.15) is 22.3 Å². The van der Waals surface area contributed by atoms with Crippen LogP contribution < -0.4 is 11.1 Å². The van der Waals surface area contributed by atoms with E-state index in [-0.39, 0.29) is 35.0 Å². The molecule has 0 radical (unpaired) electrons. The molecule has 3 N–H and O–H groups in total. The van der Waals surface area contributed by atoms with Crippen molar-refractivity contribution in [2.45, 2.75) is 13.3 Å². The predicted molar refractivity (Wildman–Crippen MR) is 63.6 cm³/mol. The van der Waals surface area contributed by atoms with E-state index in [2.05, 4.69) is 5.32 Å². The van der Waals surface area contributed by atoms with Crippen LogP contribution in [0.3, 0.4) is 0 Å². The normalized spacial score (nSPS) is 10.1.